The van der Waals surface area contributed by atoms with Gasteiger partial charge in [0.1, 0.15) is 0 Å². The van der Waals surface area contributed by atoms with E-state index in [0.29, 0.717) is 0 Å². The fourth-order valence-electron chi connectivity index (χ4n) is 1.85. The molecule has 88 valence electrons. The second-order valence-corrected chi connectivity index (χ2v) is 4.91. The molecule has 2 aromatic rings. The summed E-state index contributed by atoms with van der Waals surface area (Å²) < 4.78 is 0. The van der Waals surface area contributed by atoms with Crippen LogP contribution in [0.2, 0.25) is 0 Å². The van der Waals surface area contributed by atoms with Crippen molar-refractivity contribution < 1.29 is 0 Å². The van der Waals surface area contributed by atoms with Crippen LogP contribution in [0.25, 0.3) is 11.4 Å². The first-order chi connectivity index (χ1) is 8.22. The van der Waals surface area contributed by atoms with Crippen LogP contribution in [-0.2, 0) is 6.54 Å². The van der Waals surface area contributed by atoms with Crippen molar-refractivity contribution in [1.82, 2.24) is 20.2 Å². The Kier molecular flexibility index (Phi) is 2.42. The number of hydrogen-bond acceptors (Lipinski definition) is 3. The molecule has 1 heterocycles. The lowest BCUT2D eigenvalue weighted by molar-refractivity contribution is 0.486. The van der Waals surface area contributed by atoms with Gasteiger partial charge >= 0.3 is 0 Å². The van der Waals surface area contributed by atoms with Crippen LogP contribution in [0.5, 0.6) is 0 Å². The van der Waals surface area contributed by atoms with Gasteiger partial charge in [-0.25, -0.2) is 0 Å². The van der Waals surface area contributed by atoms with Crippen LogP contribution < -0.4 is 0 Å². The van der Waals surface area contributed by atoms with E-state index in [2.05, 4.69) is 47.5 Å². The summed E-state index contributed by atoms with van der Waals surface area (Å²) in [6.07, 6.45) is 2.61. The van der Waals surface area contributed by atoms with Crippen molar-refractivity contribution in [2.45, 2.75) is 33.2 Å². The van der Waals surface area contributed by atoms with Gasteiger partial charge in [0.15, 0.2) is 0 Å². The molecule has 1 fully saturated rings. The predicted octanol–water partition coefficient (Wildman–Crippen LogP) is 2.37. The van der Waals surface area contributed by atoms with Crippen LogP contribution in [0.15, 0.2) is 18.2 Å². The van der Waals surface area contributed by atoms with E-state index in [1.807, 2.05) is 0 Å². The lowest BCUT2D eigenvalue weighted by atomic mass is 10.1. The molecule has 1 aliphatic carbocycles. The van der Waals surface area contributed by atoms with Crippen molar-refractivity contribution in [3.05, 3.63) is 29.3 Å². The van der Waals surface area contributed by atoms with Crippen molar-refractivity contribution in [2.75, 3.05) is 0 Å². The molecule has 3 rings (SSSR count). The van der Waals surface area contributed by atoms with Gasteiger partial charge in [0.25, 0.3) is 0 Å². The summed E-state index contributed by atoms with van der Waals surface area (Å²) in [5.74, 6) is 1.51. The smallest absolute Gasteiger partial charge is 0.164 e. The molecule has 0 spiro atoms. The molecular formula is C13H16N4. The molecule has 4 nitrogen and oxygen atoms in total. The molecule has 0 aliphatic heterocycles. The van der Waals surface area contributed by atoms with Gasteiger partial charge in [0.05, 0.1) is 6.54 Å². The Morgan fingerprint density at radius 3 is 2.76 bits per heavy atom. The average molecular weight is 228 g/mol. The fraction of sp³-hybridized carbons (Fsp3) is 0.462. The Labute approximate surface area is 101 Å². The molecule has 1 aromatic carbocycles. The Morgan fingerprint density at radius 2 is 2.06 bits per heavy atom. The standard InChI is InChI=1S/C13H16N4/c1-9-3-6-12(7-10(9)2)13-14-16-17(15-13)8-11-4-5-11/h3,6-7,11H,4-5,8H2,1-2H3. The predicted molar refractivity (Wildman–Crippen MR) is 65.5 cm³/mol. The third-order valence-electron chi connectivity index (χ3n) is 3.34. The second-order valence-electron chi connectivity index (χ2n) is 4.91. The lowest BCUT2D eigenvalue weighted by Gasteiger charge is -2.00. The highest BCUT2D eigenvalue weighted by molar-refractivity contribution is 5.56. The van der Waals surface area contributed by atoms with Crippen molar-refractivity contribution in [2.24, 2.45) is 5.92 Å². The summed E-state index contributed by atoms with van der Waals surface area (Å²) >= 11 is 0. The van der Waals surface area contributed by atoms with Gasteiger partial charge in [0.2, 0.25) is 5.82 Å². The molecule has 0 unspecified atom stereocenters. The number of hydrogen-bond donors (Lipinski definition) is 0. The molecule has 0 bridgehead atoms. The van der Waals surface area contributed by atoms with E-state index in [9.17, 15) is 0 Å². The zero-order chi connectivity index (χ0) is 11.8. The monoisotopic (exact) mass is 228 g/mol. The highest BCUT2D eigenvalue weighted by atomic mass is 15.6. The van der Waals surface area contributed by atoms with E-state index in [4.69, 9.17) is 0 Å². The zero-order valence-corrected chi connectivity index (χ0v) is 10.2. The topological polar surface area (TPSA) is 43.6 Å². The van der Waals surface area contributed by atoms with Gasteiger partial charge in [-0.3, -0.25) is 0 Å². The largest absolute Gasteiger partial charge is 0.204 e. The van der Waals surface area contributed by atoms with Gasteiger partial charge in [-0.15, -0.1) is 10.2 Å². The van der Waals surface area contributed by atoms with E-state index in [1.54, 1.807) is 4.80 Å². The Morgan fingerprint density at radius 1 is 1.24 bits per heavy atom. The Bertz CT molecular complexity index is 540. The number of rotatable bonds is 3. The molecule has 1 aliphatic rings. The lowest BCUT2D eigenvalue weighted by Crippen LogP contribution is -2.03. The third kappa shape index (κ3) is 2.20. The average Bonchev–Trinajstić information content (AvgIpc) is 2.99. The molecule has 4 heteroatoms. The van der Waals surface area contributed by atoms with Crippen LogP contribution in [0.1, 0.15) is 24.0 Å². The van der Waals surface area contributed by atoms with E-state index >= 15 is 0 Å². The normalized spacial score (nSPS) is 15.2. The van der Waals surface area contributed by atoms with Crippen LogP contribution in [-0.4, -0.2) is 20.2 Å². The Hall–Kier alpha value is -1.71. The van der Waals surface area contributed by atoms with Crippen LogP contribution in [0.4, 0.5) is 0 Å². The highest BCUT2D eigenvalue weighted by Gasteiger charge is 2.23. The minimum absolute atomic E-state index is 0.730. The van der Waals surface area contributed by atoms with Gasteiger partial charge in [-0.05, 0) is 55.0 Å². The molecule has 17 heavy (non-hydrogen) atoms. The summed E-state index contributed by atoms with van der Waals surface area (Å²) in [4.78, 5) is 1.72. The van der Waals surface area contributed by atoms with Crippen LogP contribution in [0, 0.1) is 19.8 Å². The number of tetrazole rings is 1. The second kappa shape index (κ2) is 3.95. The summed E-state index contributed by atoms with van der Waals surface area (Å²) in [6, 6.07) is 6.28. The number of nitrogens with zero attached hydrogens (tertiary/aromatic N) is 4. The van der Waals surface area contributed by atoms with E-state index in [0.717, 1.165) is 23.9 Å². The number of aryl methyl sites for hydroxylation is 2. The van der Waals surface area contributed by atoms with Gasteiger partial charge < -0.3 is 0 Å². The maximum absolute atomic E-state index is 4.43. The van der Waals surface area contributed by atoms with E-state index < -0.39 is 0 Å². The highest BCUT2D eigenvalue weighted by Crippen LogP contribution is 2.30. The molecular weight excluding hydrogens is 212 g/mol. The molecule has 0 saturated heterocycles. The molecule has 1 aromatic heterocycles. The van der Waals surface area contributed by atoms with Crippen molar-refractivity contribution in [1.29, 1.82) is 0 Å². The fourth-order valence-corrected chi connectivity index (χ4v) is 1.85. The van der Waals surface area contributed by atoms with Gasteiger partial charge in [0, 0.05) is 5.56 Å². The Balaban J connectivity index is 1.86. The van der Waals surface area contributed by atoms with Gasteiger partial charge in [-0.2, -0.15) is 4.80 Å². The van der Waals surface area contributed by atoms with E-state index in [1.165, 1.54) is 24.0 Å². The van der Waals surface area contributed by atoms with Crippen molar-refractivity contribution in [3.63, 3.8) is 0 Å². The SMILES string of the molecule is Cc1ccc(-c2nnn(CC3CC3)n2)cc1C. The zero-order valence-electron chi connectivity index (χ0n) is 10.2. The number of aromatic nitrogens is 4. The first-order valence-corrected chi connectivity index (χ1v) is 6.08. The first kappa shape index (κ1) is 10.4. The molecule has 0 radical (unpaired) electrons. The summed E-state index contributed by atoms with van der Waals surface area (Å²) in [7, 11) is 0. The summed E-state index contributed by atoms with van der Waals surface area (Å²) in [5, 5.41) is 12.6. The maximum atomic E-state index is 4.43. The minimum atomic E-state index is 0.730. The molecule has 0 atom stereocenters. The quantitative estimate of drug-likeness (QED) is 0.810. The molecule has 0 amide bonds. The van der Waals surface area contributed by atoms with Crippen LogP contribution >= 0.6 is 0 Å². The van der Waals surface area contributed by atoms with E-state index in [-0.39, 0.29) is 0 Å². The van der Waals surface area contributed by atoms with Crippen LogP contribution in [0.3, 0.4) is 0 Å². The van der Waals surface area contributed by atoms with Crippen molar-refractivity contribution in [3.8, 4) is 11.4 Å². The first-order valence-electron chi connectivity index (χ1n) is 6.08. The minimum Gasteiger partial charge on any atom is -0.164 e. The maximum Gasteiger partial charge on any atom is 0.204 e. The molecule has 0 N–H and O–H groups in total. The molecule has 1 saturated carbocycles. The number of benzene rings is 1. The summed E-state index contributed by atoms with van der Waals surface area (Å²) in [6.45, 7) is 5.13. The third-order valence-corrected chi connectivity index (χ3v) is 3.34. The summed E-state index contributed by atoms with van der Waals surface area (Å²) in [5.41, 5.74) is 3.61. The van der Waals surface area contributed by atoms with Crippen molar-refractivity contribution >= 4 is 0 Å². The van der Waals surface area contributed by atoms with Gasteiger partial charge in [-0.1, -0.05) is 12.1 Å².